The number of benzene rings is 1. The van der Waals surface area contributed by atoms with Gasteiger partial charge in [-0.25, -0.2) is 0 Å². The quantitative estimate of drug-likeness (QED) is 0.760. The van der Waals surface area contributed by atoms with Gasteiger partial charge in [-0.1, -0.05) is 50.6 Å². The lowest BCUT2D eigenvalue weighted by atomic mass is 9.71. The Kier molecular flexibility index (Phi) is 4.64. The maximum Gasteiger partial charge on any atom is 0.188 e. The molecule has 1 fully saturated rings. The van der Waals surface area contributed by atoms with Gasteiger partial charge in [0.2, 0.25) is 0 Å². The van der Waals surface area contributed by atoms with Crippen LogP contribution in [-0.2, 0) is 4.74 Å². The molecule has 1 saturated carbocycles. The third-order valence-corrected chi connectivity index (χ3v) is 4.17. The van der Waals surface area contributed by atoms with Gasteiger partial charge in [-0.05, 0) is 37.5 Å². The molecule has 2 heteroatoms. The number of ketones is 1. The minimum absolute atomic E-state index is 0.0843. The van der Waals surface area contributed by atoms with Crippen LogP contribution in [0.25, 0.3) is 0 Å². The van der Waals surface area contributed by atoms with Crippen molar-refractivity contribution in [2.24, 2.45) is 11.3 Å². The van der Waals surface area contributed by atoms with E-state index in [0.717, 1.165) is 18.4 Å². The number of Topliss-reactive ketones (excluding diaryl/α,β-unsaturated/α-hetero) is 1. The van der Waals surface area contributed by atoms with Crippen LogP contribution in [0.4, 0.5) is 0 Å². The maximum absolute atomic E-state index is 12.1. The summed E-state index contributed by atoms with van der Waals surface area (Å²) in [6, 6.07) is 7.71. The molecule has 20 heavy (non-hydrogen) atoms. The molecule has 2 unspecified atom stereocenters. The second-order valence-corrected chi connectivity index (χ2v) is 7.14. The van der Waals surface area contributed by atoms with Crippen LogP contribution in [0.3, 0.4) is 0 Å². The minimum atomic E-state index is 0.0843. The van der Waals surface area contributed by atoms with E-state index in [9.17, 15) is 4.79 Å². The maximum atomic E-state index is 12.1. The van der Waals surface area contributed by atoms with Crippen LogP contribution in [0.5, 0.6) is 0 Å². The van der Waals surface area contributed by atoms with Gasteiger partial charge in [0.25, 0.3) is 0 Å². The van der Waals surface area contributed by atoms with Crippen molar-refractivity contribution in [2.75, 3.05) is 6.61 Å². The van der Waals surface area contributed by atoms with E-state index >= 15 is 0 Å². The average molecular weight is 274 g/mol. The van der Waals surface area contributed by atoms with Gasteiger partial charge in [0.15, 0.2) is 5.78 Å². The first kappa shape index (κ1) is 15.2. The Morgan fingerprint density at radius 1 is 1.25 bits per heavy atom. The van der Waals surface area contributed by atoms with Crippen molar-refractivity contribution in [1.82, 2.24) is 0 Å². The summed E-state index contributed by atoms with van der Waals surface area (Å²) >= 11 is 0. The van der Waals surface area contributed by atoms with Gasteiger partial charge in [0.05, 0.1) is 6.10 Å². The number of aryl methyl sites for hydroxylation is 1. The van der Waals surface area contributed by atoms with Gasteiger partial charge in [-0.3, -0.25) is 4.79 Å². The summed E-state index contributed by atoms with van der Waals surface area (Å²) in [5, 5.41) is 0. The molecule has 0 aromatic heterocycles. The standard InChI is InChI=1S/C18H26O2/c1-13-5-7-15(8-6-13)17(19)12-20-16-9-14(2)10-18(3,4)11-16/h5-8,14,16H,9-12H2,1-4H3. The number of rotatable bonds is 4. The van der Waals surface area contributed by atoms with Crippen LogP contribution in [0.1, 0.15) is 56.0 Å². The molecule has 2 rings (SSSR count). The first-order chi connectivity index (χ1) is 9.35. The fourth-order valence-electron chi connectivity index (χ4n) is 3.40. The molecule has 0 bridgehead atoms. The average Bonchev–Trinajstić information content (AvgIpc) is 2.34. The number of hydrogen-bond donors (Lipinski definition) is 0. The fourth-order valence-corrected chi connectivity index (χ4v) is 3.40. The lowest BCUT2D eigenvalue weighted by molar-refractivity contribution is -0.0167. The molecule has 1 aliphatic carbocycles. The van der Waals surface area contributed by atoms with Crippen molar-refractivity contribution in [3.63, 3.8) is 0 Å². The number of carbonyl (C=O) groups excluding carboxylic acids is 1. The molecule has 0 heterocycles. The summed E-state index contributed by atoms with van der Waals surface area (Å²) in [4.78, 5) is 12.1. The number of carbonyl (C=O) groups is 1. The molecule has 0 aliphatic heterocycles. The van der Waals surface area contributed by atoms with Crippen LogP contribution >= 0.6 is 0 Å². The first-order valence-electron chi connectivity index (χ1n) is 7.57. The lowest BCUT2D eigenvalue weighted by Crippen LogP contribution is -2.33. The van der Waals surface area contributed by atoms with Gasteiger partial charge >= 0.3 is 0 Å². The van der Waals surface area contributed by atoms with Gasteiger partial charge in [0, 0.05) is 5.56 Å². The van der Waals surface area contributed by atoms with E-state index in [0.29, 0.717) is 11.3 Å². The van der Waals surface area contributed by atoms with Gasteiger partial charge in [-0.2, -0.15) is 0 Å². The van der Waals surface area contributed by atoms with Crippen molar-refractivity contribution in [2.45, 2.75) is 53.1 Å². The highest BCUT2D eigenvalue weighted by Crippen LogP contribution is 2.39. The van der Waals surface area contributed by atoms with Crippen LogP contribution in [-0.4, -0.2) is 18.5 Å². The highest BCUT2D eigenvalue weighted by molar-refractivity contribution is 5.97. The third kappa shape index (κ3) is 4.17. The minimum Gasteiger partial charge on any atom is -0.370 e. The molecule has 1 aromatic carbocycles. The summed E-state index contributed by atoms with van der Waals surface area (Å²) in [5.41, 5.74) is 2.25. The molecule has 2 atom stereocenters. The summed E-state index contributed by atoms with van der Waals surface area (Å²) in [7, 11) is 0. The van der Waals surface area contributed by atoms with E-state index in [1.54, 1.807) is 0 Å². The molecule has 0 radical (unpaired) electrons. The topological polar surface area (TPSA) is 26.3 Å². The zero-order chi connectivity index (χ0) is 14.8. The van der Waals surface area contributed by atoms with Gasteiger partial charge in [0.1, 0.15) is 6.61 Å². The van der Waals surface area contributed by atoms with Gasteiger partial charge < -0.3 is 4.74 Å². The molecule has 110 valence electrons. The Morgan fingerprint density at radius 2 is 1.90 bits per heavy atom. The second kappa shape index (κ2) is 6.09. The van der Waals surface area contributed by atoms with E-state index in [1.165, 1.54) is 12.0 Å². The first-order valence-corrected chi connectivity index (χ1v) is 7.57. The Bertz CT molecular complexity index is 459. The molecular formula is C18H26O2. The predicted octanol–water partition coefficient (Wildman–Crippen LogP) is 4.41. The zero-order valence-electron chi connectivity index (χ0n) is 13.1. The van der Waals surface area contributed by atoms with E-state index < -0.39 is 0 Å². The van der Waals surface area contributed by atoms with Gasteiger partial charge in [-0.15, -0.1) is 0 Å². The molecule has 0 N–H and O–H groups in total. The van der Waals surface area contributed by atoms with Crippen molar-refractivity contribution in [3.05, 3.63) is 35.4 Å². The van der Waals surface area contributed by atoms with E-state index in [1.807, 2.05) is 31.2 Å². The van der Waals surface area contributed by atoms with Crippen molar-refractivity contribution >= 4 is 5.78 Å². The number of ether oxygens (including phenoxy) is 1. The summed E-state index contributed by atoms with van der Waals surface area (Å²) < 4.78 is 5.89. The Labute approximate surface area is 122 Å². The highest BCUT2D eigenvalue weighted by Gasteiger charge is 2.32. The normalized spacial score (nSPS) is 25.4. The lowest BCUT2D eigenvalue weighted by Gasteiger charge is -2.38. The van der Waals surface area contributed by atoms with E-state index in [2.05, 4.69) is 20.8 Å². The molecule has 0 amide bonds. The molecule has 0 saturated heterocycles. The van der Waals surface area contributed by atoms with Crippen LogP contribution in [0.2, 0.25) is 0 Å². The van der Waals surface area contributed by atoms with E-state index in [4.69, 9.17) is 4.74 Å². The summed E-state index contributed by atoms with van der Waals surface area (Å²) in [6.45, 7) is 9.09. The van der Waals surface area contributed by atoms with Crippen molar-refractivity contribution < 1.29 is 9.53 Å². The largest absolute Gasteiger partial charge is 0.370 e. The SMILES string of the molecule is Cc1ccc(C(=O)COC2CC(C)CC(C)(C)C2)cc1. The van der Waals surface area contributed by atoms with Crippen molar-refractivity contribution in [3.8, 4) is 0 Å². The Hall–Kier alpha value is -1.15. The summed E-state index contributed by atoms with van der Waals surface area (Å²) in [5.74, 6) is 0.763. The zero-order valence-corrected chi connectivity index (χ0v) is 13.1. The Balaban J connectivity index is 1.88. The van der Waals surface area contributed by atoms with Crippen LogP contribution in [0.15, 0.2) is 24.3 Å². The van der Waals surface area contributed by atoms with Crippen LogP contribution in [0, 0.1) is 18.3 Å². The summed E-state index contributed by atoms with van der Waals surface area (Å²) in [6.07, 6.45) is 3.60. The molecule has 1 aromatic rings. The smallest absolute Gasteiger partial charge is 0.188 e. The molecule has 2 nitrogen and oxygen atoms in total. The van der Waals surface area contributed by atoms with Crippen molar-refractivity contribution in [1.29, 1.82) is 0 Å². The van der Waals surface area contributed by atoms with Crippen LogP contribution < -0.4 is 0 Å². The molecular weight excluding hydrogens is 248 g/mol. The molecule has 1 aliphatic rings. The highest BCUT2D eigenvalue weighted by atomic mass is 16.5. The molecule has 0 spiro atoms. The van der Waals surface area contributed by atoms with E-state index in [-0.39, 0.29) is 18.5 Å². The Morgan fingerprint density at radius 3 is 2.50 bits per heavy atom. The number of hydrogen-bond acceptors (Lipinski definition) is 2. The second-order valence-electron chi connectivity index (χ2n) is 7.14. The fraction of sp³-hybridized carbons (Fsp3) is 0.611. The predicted molar refractivity (Wildman–Crippen MR) is 82.0 cm³/mol. The third-order valence-electron chi connectivity index (χ3n) is 4.17. The monoisotopic (exact) mass is 274 g/mol.